The molecule has 0 radical (unpaired) electrons. The third-order valence-electron chi connectivity index (χ3n) is 4.97. The Hall–Kier alpha value is -2.14. The molecule has 1 saturated heterocycles. The Balaban J connectivity index is 1.52. The van der Waals surface area contributed by atoms with Crippen molar-refractivity contribution in [2.75, 3.05) is 19.8 Å². The quantitative estimate of drug-likeness (QED) is 0.770. The first kappa shape index (κ1) is 16.3. The normalized spacial score (nSPS) is 20.0. The van der Waals surface area contributed by atoms with Gasteiger partial charge >= 0.3 is 0 Å². The molecule has 2 atom stereocenters. The highest BCUT2D eigenvalue weighted by atomic mass is 16.5. The van der Waals surface area contributed by atoms with Crippen LogP contribution in [-0.4, -0.2) is 35.8 Å². The Morgan fingerprint density at radius 1 is 1.08 bits per heavy atom. The molecule has 0 amide bonds. The number of fused-ring (bicyclic) bond motifs is 1. The summed E-state index contributed by atoms with van der Waals surface area (Å²) in [5.41, 5.74) is 1.32. The molecule has 0 aliphatic carbocycles. The highest BCUT2D eigenvalue weighted by Crippen LogP contribution is 2.26. The molecule has 0 saturated carbocycles. The summed E-state index contributed by atoms with van der Waals surface area (Å²) < 4.78 is 11.0. The maximum atomic E-state index is 10.4. The smallest absolute Gasteiger partial charge is 0.132 e. The molecule has 1 aliphatic rings. The molecule has 4 heteroatoms. The van der Waals surface area contributed by atoms with E-state index in [0.717, 1.165) is 19.7 Å². The molecule has 25 heavy (non-hydrogen) atoms. The SMILES string of the molecule is OC(CC1COCCN1Cc1cccc2ccccc12)c1ccco1. The minimum absolute atomic E-state index is 0.174. The highest BCUT2D eigenvalue weighted by Gasteiger charge is 2.27. The number of ether oxygens (including phenoxy) is 1. The second-order valence-corrected chi connectivity index (χ2v) is 6.60. The lowest BCUT2D eigenvalue weighted by Crippen LogP contribution is -2.45. The molecular formula is C21H23NO3. The second kappa shape index (κ2) is 7.40. The predicted molar refractivity (Wildman–Crippen MR) is 97.2 cm³/mol. The summed E-state index contributed by atoms with van der Waals surface area (Å²) in [5, 5.41) is 13.0. The number of benzene rings is 2. The van der Waals surface area contributed by atoms with Crippen molar-refractivity contribution >= 4 is 10.8 Å². The van der Waals surface area contributed by atoms with Crippen molar-refractivity contribution in [3.63, 3.8) is 0 Å². The lowest BCUT2D eigenvalue weighted by Gasteiger charge is -2.36. The van der Waals surface area contributed by atoms with Crippen LogP contribution in [0.3, 0.4) is 0 Å². The van der Waals surface area contributed by atoms with Crippen molar-refractivity contribution in [3.05, 3.63) is 72.2 Å². The molecule has 130 valence electrons. The van der Waals surface area contributed by atoms with Gasteiger partial charge in [0, 0.05) is 19.1 Å². The van der Waals surface area contributed by atoms with Crippen LogP contribution in [0.5, 0.6) is 0 Å². The summed E-state index contributed by atoms with van der Waals surface area (Å²) >= 11 is 0. The van der Waals surface area contributed by atoms with Gasteiger partial charge in [-0.2, -0.15) is 0 Å². The van der Waals surface area contributed by atoms with Gasteiger partial charge in [0.15, 0.2) is 0 Å². The van der Waals surface area contributed by atoms with Gasteiger partial charge in [-0.3, -0.25) is 4.90 Å². The van der Waals surface area contributed by atoms with E-state index in [1.165, 1.54) is 16.3 Å². The molecule has 1 aromatic heterocycles. The number of hydrogen-bond donors (Lipinski definition) is 1. The highest BCUT2D eigenvalue weighted by molar-refractivity contribution is 5.85. The first-order valence-electron chi connectivity index (χ1n) is 8.81. The fourth-order valence-corrected chi connectivity index (χ4v) is 3.62. The van der Waals surface area contributed by atoms with Crippen LogP contribution in [0.4, 0.5) is 0 Å². The van der Waals surface area contributed by atoms with Crippen LogP contribution in [0.25, 0.3) is 10.8 Å². The summed E-state index contributed by atoms with van der Waals surface area (Å²) in [5.74, 6) is 0.621. The molecule has 2 heterocycles. The van der Waals surface area contributed by atoms with Gasteiger partial charge in [0.1, 0.15) is 11.9 Å². The largest absolute Gasteiger partial charge is 0.467 e. The molecule has 4 nitrogen and oxygen atoms in total. The Labute approximate surface area is 147 Å². The number of hydrogen-bond acceptors (Lipinski definition) is 4. The van der Waals surface area contributed by atoms with E-state index in [-0.39, 0.29) is 6.04 Å². The van der Waals surface area contributed by atoms with Crippen LogP contribution in [0.1, 0.15) is 23.8 Å². The van der Waals surface area contributed by atoms with Gasteiger partial charge in [-0.1, -0.05) is 42.5 Å². The molecule has 1 fully saturated rings. The van der Waals surface area contributed by atoms with Gasteiger partial charge in [0.2, 0.25) is 0 Å². The molecule has 2 unspecified atom stereocenters. The number of aliphatic hydroxyl groups excluding tert-OH is 1. The summed E-state index contributed by atoms with van der Waals surface area (Å²) in [6, 6.07) is 18.8. The van der Waals surface area contributed by atoms with E-state index in [9.17, 15) is 5.11 Å². The van der Waals surface area contributed by atoms with E-state index in [0.29, 0.717) is 18.8 Å². The van der Waals surface area contributed by atoms with Crippen LogP contribution < -0.4 is 0 Å². The van der Waals surface area contributed by atoms with Crippen LogP contribution in [0.2, 0.25) is 0 Å². The first-order valence-corrected chi connectivity index (χ1v) is 8.81. The van der Waals surface area contributed by atoms with E-state index in [1.807, 2.05) is 12.1 Å². The van der Waals surface area contributed by atoms with Gasteiger partial charge in [0.05, 0.1) is 19.5 Å². The fraction of sp³-hybridized carbons (Fsp3) is 0.333. The minimum Gasteiger partial charge on any atom is -0.467 e. The van der Waals surface area contributed by atoms with E-state index < -0.39 is 6.10 Å². The minimum atomic E-state index is -0.600. The summed E-state index contributed by atoms with van der Waals surface area (Å²) in [4.78, 5) is 2.41. The fourth-order valence-electron chi connectivity index (χ4n) is 3.62. The first-order chi connectivity index (χ1) is 12.3. The Kier molecular flexibility index (Phi) is 4.83. The Morgan fingerprint density at radius 3 is 2.84 bits per heavy atom. The summed E-state index contributed by atoms with van der Waals surface area (Å²) in [7, 11) is 0. The van der Waals surface area contributed by atoms with Crippen molar-refractivity contribution in [1.82, 2.24) is 4.90 Å². The molecule has 4 rings (SSSR count). The van der Waals surface area contributed by atoms with Gasteiger partial charge < -0.3 is 14.3 Å². The van der Waals surface area contributed by atoms with Crippen molar-refractivity contribution in [2.45, 2.75) is 25.1 Å². The van der Waals surface area contributed by atoms with E-state index in [4.69, 9.17) is 9.15 Å². The zero-order valence-corrected chi connectivity index (χ0v) is 14.2. The van der Waals surface area contributed by atoms with Crippen LogP contribution in [-0.2, 0) is 11.3 Å². The van der Waals surface area contributed by atoms with Gasteiger partial charge in [-0.25, -0.2) is 0 Å². The number of furan rings is 1. The molecule has 3 aromatic rings. The molecular weight excluding hydrogens is 314 g/mol. The number of aliphatic hydroxyl groups is 1. The number of morpholine rings is 1. The van der Waals surface area contributed by atoms with Crippen molar-refractivity contribution in [2.24, 2.45) is 0 Å². The maximum absolute atomic E-state index is 10.4. The second-order valence-electron chi connectivity index (χ2n) is 6.60. The Bertz CT molecular complexity index is 810. The number of nitrogens with zero attached hydrogens (tertiary/aromatic N) is 1. The monoisotopic (exact) mass is 337 g/mol. The average molecular weight is 337 g/mol. The van der Waals surface area contributed by atoms with Crippen LogP contribution in [0.15, 0.2) is 65.3 Å². The zero-order chi connectivity index (χ0) is 17.1. The summed E-state index contributed by atoms with van der Waals surface area (Å²) in [6.45, 7) is 3.11. The topological polar surface area (TPSA) is 45.8 Å². The third-order valence-corrected chi connectivity index (χ3v) is 4.97. The zero-order valence-electron chi connectivity index (χ0n) is 14.2. The molecule has 2 aromatic carbocycles. The van der Waals surface area contributed by atoms with Gasteiger partial charge in [-0.15, -0.1) is 0 Å². The summed E-state index contributed by atoms with van der Waals surface area (Å²) in [6.07, 6.45) is 1.61. The van der Waals surface area contributed by atoms with Gasteiger partial charge in [0.25, 0.3) is 0 Å². The van der Waals surface area contributed by atoms with Crippen LogP contribution in [0, 0.1) is 0 Å². The predicted octanol–water partition coefficient (Wildman–Crippen LogP) is 3.76. The van der Waals surface area contributed by atoms with Crippen LogP contribution >= 0.6 is 0 Å². The Morgan fingerprint density at radius 2 is 1.96 bits per heavy atom. The van der Waals surface area contributed by atoms with Crippen molar-refractivity contribution in [3.8, 4) is 0 Å². The molecule has 0 spiro atoms. The van der Waals surface area contributed by atoms with E-state index in [2.05, 4.69) is 47.4 Å². The van der Waals surface area contributed by atoms with E-state index >= 15 is 0 Å². The molecule has 0 bridgehead atoms. The van der Waals surface area contributed by atoms with Crippen molar-refractivity contribution < 1.29 is 14.3 Å². The lowest BCUT2D eigenvalue weighted by atomic mass is 10.0. The lowest BCUT2D eigenvalue weighted by molar-refractivity contribution is -0.0321. The van der Waals surface area contributed by atoms with Gasteiger partial charge in [-0.05, 0) is 34.9 Å². The molecule has 1 N–H and O–H groups in total. The van der Waals surface area contributed by atoms with Crippen molar-refractivity contribution in [1.29, 1.82) is 0 Å². The average Bonchev–Trinajstić information content (AvgIpc) is 3.18. The number of rotatable bonds is 5. The molecule has 1 aliphatic heterocycles. The van der Waals surface area contributed by atoms with E-state index in [1.54, 1.807) is 6.26 Å². The maximum Gasteiger partial charge on any atom is 0.132 e. The standard InChI is InChI=1S/C21H23NO3/c23-20(21-9-4-11-25-21)13-18-15-24-12-10-22(18)14-17-7-3-6-16-5-1-2-8-19(16)17/h1-9,11,18,20,23H,10,12-15H2. The third kappa shape index (κ3) is 3.61.